The molecule has 21 heavy (non-hydrogen) atoms. The van der Waals surface area contributed by atoms with E-state index in [1.165, 1.54) is 12.0 Å². The molecule has 0 aromatic carbocycles. The fraction of sp³-hybridized carbons (Fsp3) is 0.882. The molecule has 0 spiro atoms. The molecule has 4 heteroatoms. The quantitative estimate of drug-likeness (QED) is 0.601. The molecule has 0 aromatic heterocycles. The SMILES string of the molecule is C=C1CCC2[C@]3(C)CO[C@@H](O)O[C@@H]3CC[C@@]2(C)[C@@H]1CCBr. The molecule has 1 aliphatic heterocycles. The second kappa shape index (κ2) is 5.63. The maximum atomic E-state index is 9.64. The van der Waals surface area contributed by atoms with Gasteiger partial charge in [-0.05, 0) is 49.4 Å². The predicted octanol–water partition coefficient (Wildman–Crippen LogP) is 3.85. The molecule has 3 aliphatic rings. The summed E-state index contributed by atoms with van der Waals surface area (Å²) < 4.78 is 11.2. The van der Waals surface area contributed by atoms with E-state index in [1.54, 1.807) is 0 Å². The largest absolute Gasteiger partial charge is 0.346 e. The van der Waals surface area contributed by atoms with Crippen LogP contribution in [0, 0.1) is 22.7 Å². The molecule has 0 bridgehead atoms. The molecule has 1 heterocycles. The predicted molar refractivity (Wildman–Crippen MR) is 86.0 cm³/mol. The summed E-state index contributed by atoms with van der Waals surface area (Å²) in [6.07, 6.45) is 5.73. The van der Waals surface area contributed by atoms with Gasteiger partial charge in [0.1, 0.15) is 0 Å². The Bertz CT molecular complexity index is 426. The molecule has 2 saturated carbocycles. The standard InChI is InChI=1S/C17H27BrO3/c1-11-4-5-13-16(2,12(11)7-9-18)8-6-14-17(13,3)10-20-15(19)21-14/h12-15,19H,1,4-10H2,2-3H3/t12-,13?,14-,15-,16+,17+/m1/s1. The molecule has 1 saturated heterocycles. The number of hydrogen-bond donors (Lipinski definition) is 1. The van der Waals surface area contributed by atoms with Crippen LogP contribution in [0.3, 0.4) is 0 Å². The Balaban J connectivity index is 1.92. The van der Waals surface area contributed by atoms with Crippen molar-refractivity contribution in [2.45, 2.75) is 58.5 Å². The lowest BCUT2D eigenvalue weighted by Gasteiger charge is -2.62. The van der Waals surface area contributed by atoms with E-state index in [0.717, 1.165) is 31.0 Å². The van der Waals surface area contributed by atoms with Crippen LogP contribution >= 0.6 is 15.9 Å². The minimum absolute atomic E-state index is 0.0114. The van der Waals surface area contributed by atoms with Crippen LogP contribution in [0.5, 0.6) is 0 Å². The van der Waals surface area contributed by atoms with Gasteiger partial charge in [0, 0.05) is 10.7 Å². The number of hydrogen-bond acceptors (Lipinski definition) is 3. The minimum atomic E-state index is -1.04. The number of ether oxygens (including phenoxy) is 2. The van der Waals surface area contributed by atoms with Gasteiger partial charge in [0.05, 0.1) is 12.7 Å². The Labute approximate surface area is 136 Å². The third-order valence-corrected chi connectivity index (χ3v) is 6.99. The van der Waals surface area contributed by atoms with Crippen molar-refractivity contribution >= 4 is 15.9 Å². The zero-order chi connectivity index (χ0) is 15.3. The topological polar surface area (TPSA) is 38.7 Å². The van der Waals surface area contributed by atoms with Gasteiger partial charge in [0.2, 0.25) is 0 Å². The molecule has 3 nitrogen and oxygen atoms in total. The zero-order valence-corrected chi connectivity index (χ0v) is 14.7. The van der Waals surface area contributed by atoms with Crippen molar-refractivity contribution in [2.24, 2.45) is 22.7 Å². The first-order valence-electron chi connectivity index (χ1n) is 8.10. The van der Waals surface area contributed by atoms with Crippen molar-refractivity contribution in [1.29, 1.82) is 0 Å². The lowest BCUT2D eigenvalue weighted by atomic mass is 9.46. The molecule has 1 unspecified atom stereocenters. The van der Waals surface area contributed by atoms with Crippen molar-refractivity contribution in [3.8, 4) is 0 Å². The van der Waals surface area contributed by atoms with E-state index in [1.807, 2.05) is 0 Å². The van der Waals surface area contributed by atoms with Gasteiger partial charge < -0.3 is 14.6 Å². The number of aliphatic hydroxyl groups excluding tert-OH is 1. The molecule has 1 N–H and O–H groups in total. The van der Waals surface area contributed by atoms with Crippen LogP contribution in [0.25, 0.3) is 0 Å². The Morgan fingerprint density at radius 1 is 1.33 bits per heavy atom. The van der Waals surface area contributed by atoms with Crippen LogP contribution in [0.15, 0.2) is 12.2 Å². The summed E-state index contributed by atoms with van der Waals surface area (Å²) in [5, 5.41) is 10.7. The third-order valence-electron chi connectivity index (χ3n) is 6.53. The maximum Gasteiger partial charge on any atom is 0.269 e. The molecule has 3 fully saturated rings. The first kappa shape index (κ1) is 16.0. The second-order valence-corrected chi connectivity index (χ2v) is 8.37. The van der Waals surface area contributed by atoms with Gasteiger partial charge in [-0.15, -0.1) is 0 Å². The fourth-order valence-electron chi connectivity index (χ4n) is 5.46. The van der Waals surface area contributed by atoms with Gasteiger partial charge in [-0.25, -0.2) is 0 Å². The van der Waals surface area contributed by atoms with Crippen molar-refractivity contribution in [1.82, 2.24) is 0 Å². The lowest BCUT2D eigenvalue weighted by molar-refractivity contribution is -0.367. The zero-order valence-electron chi connectivity index (χ0n) is 13.1. The highest BCUT2D eigenvalue weighted by Crippen LogP contribution is 2.63. The first-order chi connectivity index (χ1) is 9.91. The third kappa shape index (κ3) is 2.43. The molecule has 0 amide bonds. The molecular formula is C17H27BrO3. The van der Waals surface area contributed by atoms with E-state index >= 15 is 0 Å². The van der Waals surface area contributed by atoms with Crippen LogP contribution in [0.1, 0.15) is 46.0 Å². The fourth-order valence-corrected chi connectivity index (χ4v) is 5.92. The van der Waals surface area contributed by atoms with Gasteiger partial charge in [-0.2, -0.15) is 0 Å². The molecule has 0 radical (unpaired) electrons. The Morgan fingerprint density at radius 3 is 2.81 bits per heavy atom. The summed E-state index contributed by atoms with van der Waals surface area (Å²) in [4.78, 5) is 0. The van der Waals surface area contributed by atoms with Gasteiger partial charge in [0.25, 0.3) is 6.48 Å². The minimum Gasteiger partial charge on any atom is -0.346 e. The molecule has 6 atom stereocenters. The second-order valence-electron chi connectivity index (χ2n) is 7.57. The molecule has 120 valence electrons. The highest BCUT2D eigenvalue weighted by Gasteiger charge is 2.59. The molecule has 0 aromatic rings. The Morgan fingerprint density at radius 2 is 2.10 bits per heavy atom. The lowest BCUT2D eigenvalue weighted by Crippen LogP contribution is -2.61. The normalized spacial score (nSPS) is 50.4. The summed E-state index contributed by atoms with van der Waals surface area (Å²) in [5.41, 5.74) is 1.72. The van der Waals surface area contributed by atoms with Crippen LogP contribution < -0.4 is 0 Å². The number of allylic oxidation sites excluding steroid dienone is 1. The number of fused-ring (bicyclic) bond motifs is 3. The van der Waals surface area contributed by atoms with Crippen molar-refractivity contribution in [3.05, 3.63) is 12.2 Å². The number of alkyl halides is 1. The molecular weight excluding hydrogens is 332 g/mol. The maximum absolute atomic E-state index is 9.64. The average Bonchev–Trinajstić information content (AvgIpc) is 2.44. The Kier molecular flexibility index (Phi) is 4.28. The van der Waals surface area contributed by atoms with Crippen LogP contribution in [-0.2, 0) is 9.47 Å². The van der Waals surface area contributed by atoms with Crippen molar-refractivity contribution in [2.75, 3.05) is 11.9 Å². The number of rotatable bonds is 2. The van der Waals surface area contributed by atoms with E-state index in [-0.39, 0.29) is 16.9 Å². The summed E-state index contributed by atoms with van der Waals surface area (Å²) >= 11 is 3.62. The number of aliphatic hydroxyl groups is 1. The van der Waals surface area contributed by atoms with Crippen LogP contribution in [0.4, 0.5) is 0 Å². The molecule has 2 aliphatic carbocycles. The van der Waals surface area contributed by atoms with E-state index in [2.05, 4.69) is 36.4 Å². The number of halogens is 1. The Hall–Kier alpha value is 0.100. The monoisotopic (exact) mass is 358 g/mol. The van der Waals surface area contributed by atoms with Crippen LogP contribution in [-0.4, -0.2) is 29.6 Å². The van der Waals surface area contributed by atoms with E-state index in [4.69, 9.17) is 9.47 Å². The molecule has 3 rings (SSSR count). The van der Waals surface area contributed by atoms with Crippen molar-refractivity contribution < 1.29 is 14.6 Å². The van der Waals surface area contributed by atoms with Crippen molar-refractivity contribution in [3.63, 3.8) is 0 Å². The van der Waals surface area contributed by atoms with Gasteiger partial charge in [-0.1, -0.05) is 41.9 Å². The van der Waals surface area contributed by atoms with Gasteiger partial charge in [-0.3, -0.25) is 0 Å². The van der Waals surface area contributed by atoms with Gasteiger partial charge >= 0.3 is 0 Å². The summed E-state index contributed by atoms with van der Waals surface area (Å²) in [7, 11) is 0. The highest BCUT2D eigenvalue weighted by atomic mass is 79.9. The average molecular weight is 359 g/mol. The smallest absolute Gasteiger partial charge is 0.269 e. The first-order valence-corrected chi connectivity index (χ1v) is 9.23. The summed E-state index contributed by atoms with van der Waals surface area (Å²) in [5.74, 6) is 1.16. The highest BCUT2D eigenvalue weighted by molar-refractivity contribution is 9.09. The van der Waals surface area contributed by atoms with Crippen LogP contribution in [0.2, 0.25) is 0 Å². The van der Waals surface area contributed by atoms with E-state index in [0.29, 0.717) is 18.4 Å². The summed E-state index contributed by atoms with van der Waals surface area (Å²) in [6.45, 7) is 8.67. The van der Waals surface area contributed by atoms with Gasteiger partial charge in [0.15, 0.2) is 0 Å². The van der Waals surface area contributed by atoms with E-state index in [9.17, 15) is 5.11 Å². The summed E-state index contributed by atoms with van der Waals surface area (Å²) in [6, 6.07) is 0. The van der Waals surface area contributed by atoms with E-state index < -0.39 is 6.48 Å².